The number of halogens is 1. The summed E-state index contributed by atoms with van der Waals surface area (Å²) in [5.41, 5.74) is 0.812. The molecule has 3 aromatic carbocycles. The molecule has 4 fully saturated rings. The Morgan fingerprint density at radius 1 is 1.00 bits per heavy atom. The smallest absolute Gasteiger partial charge is 0.355 e. The van der Waals surface area contributed by atoms with Gasteiger partial charge >= 0.3 is 13.5 Å². The van der Waals surface area contributed by atoms with Crippen LogP contribution in [-0.4, -0.2) is 76.9 Å². The van der Waals surface area contributed by atoms with Crippen molar-refractivity contribution < 1.29 is 37.4 Å². The second kappa shape index (κ2) is 18.9. The van der Waals surface area contributed by atoms with Crippen molar-refractivity contribution in [2.75, 3.05) is 19.7 Å². The Balaban J connectivity index is 0.958. The van der Waals surface area contributed by atoms with Crippen molar-refractivity contribution in [3.63, 3.8) is 0 Å². The third-order valence-corrected chi connectivity index (χ3v) is 16.5. The minimum Gasteiger partial charge on any atom is -0.465 e. The summed E-state index contributed by atoms with van der Waals surface area (Å²) in [5, 5.41) is 26.0. The zero-order chi connectivity index (χ0) is 45.2. The maximum absolute atomic E-state index is 16.5. The van der Waals surface area contributed by atoms with E-state index in [-0.39, 0.29) is 48.2 Å². The topological polar surface area (TPSA) is 182 Å². The van der Waals surface area contributed by atoms with Crippen LogP contribution < -0.4 is 14.9 Å². The Bertz CT molecular complexity index is 2560. The highest BCUT2D eigenvalue weighted by atomic mass is 32.1. The first-order valence-corrected chi connectivity index (χ1v) is 24.7. The fourth-order valence-corrected chi connectivity index (χ4v) is 12.7. The number of alkyl halides is 1. The number of thiophene rings is 1. The summed E-state index contributed by atoms with van der Waals surface area (Å²) in [6, 6.07) is 24.4. The number of fused-ring (bicyclic) bond motifs is 2. The first-order chi connectivity index (χ1) is 30.9. The van der Waals surface area contributed by atoms with Crippen molar-refractivity contribution in [1.82, 2.24) is 20.2 Å². The lowest BCUT2D eigenvalue weighted by atomic mass is 9.84. The summed E-state index contributed by atoms with van der Waals surface area (Å²) in [7, 11) is -4.45. The fraction of sp³-hybridized carbons (Fsp3) is 0.458. The van der Waals surface area contributed by atoms with Crippen molar-refractivity contribution in [2.45, 2.75) is 107 Å². The largest absolute Gasteiger partial charge is 0.465 e. The number of ether oxygens (including phenoxy) is 1. The molecular weight excluding hydrogens is 855 g/mol. The highest BCUT2D eigenvalue weighted by Crippen LogP contribution is 2.59. The van der Waals surface area contributed by atoms with Gasteiger partial charge in [0, 0.05) is 29.7 Å². The fourth-order valence-electron chi connectivity index (χ4n) is 9.86. The third-order valence-electron chi connectivity index (χ3n) is 13.2. The number of hydrogen-bond acceptors (Lipinski definition) is 10. The van der Waals surface area contributed by atoms with E-state index in [9.17, 15) is 34.3 Å². The van der Waals surface area contributed by atoms with Crippen LogP contribution in [0.15, 0.2) is 78.9 Å². The molecule has 1 aliphatic carbocycles. The molecule has 2 N–H and O–H groups in total. The Labute approximate surface area is 376 Å². The number of likely N-dealkylation sites (tertiary alicyclic amines) is 1. The van der Waals surface area contributed by atoms with Crippen molar-refractivity contribution >= 4 is 52.6 Å². The van der Waals surface area contributed by atoms with E-state index >= 15 is 4.39 Å². The van der Waals surface area contributed by atoms with Crippen LogP contribution in [0.1, 0.15) is 110 Å². The molecule has 4 aliphatic rings. The van der Waals surface area contributed by atoms with E-state index in [1.54, 1.807) is 47.4 Å². The summed E-state index contributed by atoms with van der Waals surface area (Å²) in [6.45, 7) is 3.85. The number of nitriles is 2. The molecule has 8 atom stereocenters. The normalized spacial score (nSPS) is 24.3. The molecule has 64 heavy (non-hydrogen) atoms. The number of nitrogens with zero attached hydrogens (tertiary/aromatic N) is 4. The number of nitrogens with one attached hydrogen (secondary N) is 2. The van der Waals surface area contributed by atoms with Crippen LogP contribution in [0, 0.1) is 34.5 Å². The van der Waals surface area contributed by atoms with E-state index in [2.05, 4.69) is 22.5 Å². The maximum atomic E-state index is 16.5. The SMILES string of the molecule is CCCOC(=O)[C@H](C)NP(=O)(Oc1ccccc1)[C@@H](F)c1ccc2sc(C(=O)NCC3CCCC[C@H]4CC[C@@H](C(=O)N5CC(c6cccc(C#N)c6)[C@H](C#N)C56CC6)N4C3=O)cc2c1. The van der Waals surface area contributed by atoms with Gasteiger partial charge in [-0.25, -0.2) is 9.48 Å². The molecule has 4 heterocycles. The van der Waals surface area contributed by atoms with E-state index in [0.29, 0.717) is 65.6 Å². The van der Waals surface area contributed by atoms with Gasteiger partial charge in [-0.2, -0.15) is 10.5 Å². The van der Waals surface area contributed by atoms with Crippen LogP contribution in [0.3, 0.4) is 0 Å². The molecule has 1 saturated carbocycles. The zero-order valence-electron chi connectivity index (χ0n) is 35.9. The molecule has 8 rings (SSSR count). The van der Waals surface area contributed by atoms with Gasteiger partial charge in [-0.15, -0.1) is 11.3 Å². The Hall–Kier alpha value is -5.60. The van der Waals surface area contributed by atoms with Crippen molar-refractivity contribution in [3.05, 3.63) is 100 Å². The number of benzene rings is 3. The van der Waals surface area contributed by atoms with Gasteiger partial charge in [0.1, 0.15) is 17.8 Å². The molecule has 0 radical (unpaired) electrons. The second-order valence-corrected chi connectivity index (χ2v) is 20.6. The molecular formula is C48H52FN6O7PS. The lowest BCUT2D eigenvalue weighted by Crippen LogP contribution is -2.55. The van der Waals surface area contributed by atoms with Crippen LogP contribution in [-0.2, 0) is 23.7 Å². The Morgan fingerprint density at radius 3 is 2.52 bits per heavy atom. The van der Waals surface area contributed by atoms with Gasteiger partial charge in [0.25, 0.3) is 5.91 Å². The minimum atomic E-state index is -4.45. The van der Waals surface area contributed by atoms with Gasteiger partial charge in [0.15, 0.2) is 0 Å². The van der Waals surface area contributed by atoms with Gasteiger partial charge < -0.3 is 24.4 Å². The van der Waals surface area contributed by atoms with Crippen molar-refractivity contribution in [2.24, 2.45) is 11.8 Å². The zero-order valence-corrected chi connectivity index (χ0v) is 37.6. The summed E-state index contributed by atoms with van der Waals surface area (Å²) in [6.07, 6.45) is 6.28. The Morgan fingerprint density at radius 2 is 1.78 bits per heavy atom. The monoisotopic (exact) mass is 906 g/mol. The van der Waals surface area contributed by atoms with Crippen LogP contribution >= 0.6 is 18.9 Å². The number of amides is 3. The van der Waals surface area contributed by atoms with Gasteiger partial charge in [-0.1, -0.05) is 56.2 Å². The summed E-state index contributed by atoms with van der Waals surface area (Å²) in [4.78, 5) is 59.5. The van der Waals surface area contributed by atoms with E-state index < -0.39 is 54.8 Å². The van der Waals surface area contributed by atoms with E-state index in [1.807, 2.05) is 24.0 Å². The summed E-state index contributed by atoms with van der Waals surface area (Å²) in [5.74, 6) is -4.63. The van der Waals surface area contributed by atoms with E-state index in [1.165, 1.54) is 42.5 Å². The average molecular weight is 907 g/mol. The predicted octanol–water partition coefficient (Wildman–Crippen LogP) is 8.52. The Kier molecular flexibility index (Phi) is 13.3. The molecule has 1 spiro atoms. The molecule has 3 amide bonds. The number of carbonyl (C=O) groups is 4. The molecule has 3 aliphatic heterocycles. The second-order valence-electron chi connectivity index (χ2n) is 17.5. The number of hydrogen-bond donors (Lipinski definition) is 2. The molecule has 4 aromatic rings. The molecule has 1 aromatic heterocycles. The molecule has 3 saturated heterocycles. The van der Waals surface area contributed by atoms with Crippen LogP contribution in [0.5, 0.6) is 5.75 Å². The minimum absolute atomic E-state index is 0.0240. The van der Waals surface area contributed by atoms with Gasteiger partial charge in [0.2, 0.25) is 17.7 Å². The molecule has 16 heteroatoms. The molecule has 0 bridgehead atoms. The van der Waals surface area contributed by atoms with Crippen LogP contribution in [0.4, 0.5) is 4.39 Å². The highest BCUT2D eigenvalue weighted by molar-refractivity contribution is 7.57. The average Bonchev–Trinajstić information content (AvgIpc) is 3.63. The lowest BCUT2D eigenvalue weighted by molar-refractivity contribution is -0.149. The number of para-hydroxylation sites is 1. The van der Waals surface area contributed by atoms with E-state index in [0.717, 1.165) is 24.8 Å². The first-order valence-electron chi connectivity index (χ1n) is 22.2. The van der Waals surface area contributed by atoms with Crippen LogP contribution in [0.2, 0.25) is 0 Å². The number of rotatable bonds is 14. The number of esters is 1. The van der Waals surface area contributed by atoms with Crippen molar-refractivity contribution in [1.29, 1.82) is 10.5 Å². The highest BCUT2D eigenvalue weighted by Gasteiger charge is 2.64. The molecule has 13 nitrogen and oxygen atoms in total. The quantitative estimate of drug-likeness (QED) is 0.0919. The molecule has 3 unspecified atom stereocenters. The first kappa shape index (κ1) is 45.0. The van der Waals surface area contributed by atoms with Crippen LogP contribution in [0.25, 0.3) is 10.1 Å². The molecule has 334 valence electrons. The van der Waals surface area contributed by atoms with Gasteiger partial charge in [0.05, 0.1) is 46.6 Å². The van der Waals surface area contributed by atoms with Gasteiger partial charge in [-0.05, 0) is 111 Å². The maximum Gasteiger partial charge on any atom is 0.355 e. The summed E-state index contributed by atoms with van der Waals surface area (Å²) >= 11 is 1.20. The predicted molar refractivity (Wildman–Crippen MR) is 239 cm³/mol. The lowest BCUT2D eigenvalue weighted by Gasteiger charge is -2.37. The summed E-state index contributed by atoms with van der Waals surface area (Å²) < 4.78 is 42.5. The van der Waals surface area contributed by atoms with Crippen molar-refractivity contribution in [3.8, 4) is 17.9 Å². The van der Waals surface area contributed by atoms with E-state index in [4.69, 9.17) is 9.26 Å². The standard InChI is InChI=1S/C48H52FN6O7PS/c1-3-22-61-47(59)30(2)53-63(60,62-37-14-5-4-6-15-37)43(49)33-16-19-41-35(24-33)25-42(64-41)44(56)52-28-34-11-7-8-13-36-17-18-40(55(36)45(34)57)46(58)54-29-38(39(27-51)48(54)20-21-48)32-12-9-10-31(23-32)26-50/h4-6,9-10,12,14-16,19,23-25,30,34,36,38-40,43H,3,7-8,11,13,17-18,20-22,28-29H2,1-2H3,(H,52,56)(H,53,60)/t30-,34?,36-,38?,39-,40-,43+,63?/m0/s1. The number of carbonyl (C=O) groups excluding carboxylic acids is 4. The van der Waals surface area contributed by atoms with Gasteiger partial charge in [-0.3, -0.25) is 23.7 Å². The third kappa shape index (κ3) is 8.91.